The minimum atomic E-state index is -0.439. The summed E-state index contributed by atoms with van der Waals surface area (Å²) in [7, 11) is 1.70. The molecule has 0 atom stereocenters. The van der Waals surface area contributed by atoms with E-state index in [0.717, 1.165) is 13.1 Å². The maximum Gasteiger partial charge on any atom is 0.410 e. The topological polar surface area (TPSA) is 42.0 Å². The summed E-state index contributed by atoms with van der Waals surface area (Å²) in [5.41, 5.74) is 1.91. The highest BCUT2D eigenvalue weighted by Gasteiger charge is 2.25. The van der Waals surface area contributed by atoms with Gasteiger partial charge in [-0.15, -0.1) is 0 Å². The van der Waals surface area contributed by atoms with Crippen LogP contribution in [0.4, 0.5) is 10.5 Å². The van der Waals surface area contributed by atoms with E-state index in [1.54, 1.807) is 12.0 Å². The summed E-state index contributed by atoms with van der Waals surface area (Å²) in [5, 5.41) is 0. The van der Waals surface area contributed by atoms with Crippen LogP contribution < -0.4 is 4.90 Å². The Balaban J connectivity index is 1.87. The van der Waals surface area contributed by atoms with Gasteiger partial charge >= 0.3 is 6.09 Å². The van der Waals surface area contributed by atoms with Gasteiger partial charge in [0.2, 0.25) is 0 Å². The number of nitrogens with zero attached hydrogens (tertiary/aromatic N) is 2. The van der Waals surface area contributed by atoms with Crippen molar-refractivity contribution in [3.8, 4) is 0 Å². The Bertz CT molecular complexity index is 486. The average Bonchev–Trinajstić information content (AvgIpc) is 2.47. The van der Waals surface area contributed by atoms with E-state index in [2.05, 4.69) is 29.2 Å². The van der Waals surface area contributed by atoms with Crippen molar-refractivity contribution in [3.63, 3.8) is 0 Å². The van der Waals surface area contributed by atoms with Crippen LogP contribution in [0.15, 0.2) is 24.3 Å². The van der Waals surface area contributed by atoms with Crippen LogP contribution in [-0.2, 0) is 16.1 Å². The predicted octanol–water partition coefficient (Wildman–Crippen LogP) is 2.89. The Morgan fingerprint density at radius 1 is 1.09 bits per heavy atom. The summed E-state index contributed by atoms with van der Waals surface area (Å²) in [5.74, 6) is 0. The molecule has 1 aliphatic rings. The lowest BCUT2D eigenvalue weighted by Gasteiger charge is -2.36. The summed E-state index contributed by atoms with van der Waals surface area (Å²) in [6, 6.07) is 8.38. The molecule has 0 spiro atoms. The third-order valence-corrected chi connectivity index (χ3v) is 3.54. The van der Waals surface area contributed by atoms with E-state index in [1.807, 2.05) is 20.8 Å². The van der Waals surface area contributed by atoms with Crippen LogP contribution in [0.25, 0.3) is 0 Å². The van der Waals surface area contributed by atoms with E-state index < -0.39 is 5.60 Å². The van der Waals surface area contributed by atoms with E-state index in [9.17, 15) is 4.79 Å². The molecule has 0 N–H and O–H groups in total. The highest BCUT2D eigenvalue weighted by molar-refractivity contribution is 5.68. The number of methoxy groups -OCH3 is 1. The van der Waals surface area contributed by atoms with Crippen molar-refractivity contribution in [1.82, 2.24) is 4.90 Å². The maximum absolute atomic E-state index is 12.0. The molecule has 0 saturated carbocycles. The van der Waals surface area contributed by atoms with Crippen LogP contribution in [0, 0.1) is 0 Å². The molecule has 122 valence electrons. The zero-order valence-corrected chi connectivity index (χ0v) is 14.0. The van der Waals surface area contributed by atoms with Crippen LogP contribution in [-0.4, -0.2) is 49.9 Å². The largest absolute Gasteiger partial charge is 0.444 e. The third-order valence-electron chi connectivity index (χ3n) is 3.54. The fourth-order valence-corrected chi connectivity index (χ4v) is 2.44. The summed E-state index contributed by atoms with van der Waals surface area (Å²) in [4.78, 5) is 16.1. The van der Waals surface area contributed by atoms with Gasteiger partial charge in [-0.3, -0.25) is 0 Å². The molecule has 1 heterocycles. The number of carbonyl (C=O) groups excluding carboxylic acids is 1. The van der Waals surface area contributed by atoms with Gasteiger partial charge in [-0.05, 0) is 38.5 Å². The van der Waals surface area contributed by atoms with Gasteiger partial charge < -0.3 is 19.3 Å². The molecule has 0 aliphatic carbocycles. The number of piperazine rings is 1. The van der Waals surface area contributed by atoms with E-state index >= 15 is 0 Å². The van der Waals surface area contributed by atoms with Crippen LogP contribution >= 0.6 is 0 Å². The van der Waals surface area contributed by atoms with Crippen molar-refractivity contribution in [2.45, 2.75) is 33.0 Å². The van der Waals surface area contributed by atoms with Crippen LogP contribution in [0.5, 0.6) is 0 Å². The number of anilines is 1. The van der Waals surface area contributed by atoms with Gasteiger partial charge in [-0.2, -0.15) is 0 Å². The molecule has 0 bridgehead atoms. The molecule has 1 aromatic carbocycles. The lowest BCUT2D eigenvalue weighted by atomic mass is 10.2. The molecular weight excluding hydrogens is 280 g/mol. The van der Waals surface area contributed by atoms with E-state index in [-0.39, 0.29) is 6.09 Å². The van der Waals surface area contributed by atoms with Gasteiger partial charge in [0.15, 0.2) is 0 Å². The average molecular weight is 306 g/mol. The molecule has 0 radical (unpaired) electrons. The lowest BCUT2D eigenvalue weighted by Crippen LogP contribution is -2.50. The summed E-state index contributed by atoms with van der Waals surface area (Å²) >= 11 is 0. The summed E-state index contributed by atoms with van der Waals surface area (Å²) in [6.07, 6.45) is -0.220. The summed E-state index contributed by atoms with van der Waals surface area (Å²) in [6.45, 7) is 9.33. The van der Waals surface area contributed by atoms with Crippen molar-refractivity contribution >= 4 is 11.8 Å². The number of ether oxygens (including phenoxy) is 2. The van der Waals surface area contributed by atoms with Gasteiger partial charge in [-0.1, -0.05) is 12.1 Å². The van der Waals surface area contributed by atoms with Gasteiger partial charge in [0.05, 0.1) is 6.61 Å². The zero-order valence-electron chi connectivity index (χ0n) is 14.0. The second kappa shape index (κ2) is 7.01. The minimum absolute atomic E-state index is 0.220. The molecular formula is C17H26N2O3. The van der Waals surface area contributed by atoms with Crippen molar-refractivity contribution in [2.75, 3.05) is 38.2 Å². The smallest absolute Gasteiger partial charge is 0.410 e. The molecule has 1 fully saturated rings. The minimum Gasteiger partial charge on any atom is -0.444 e. The van der Waals surface area contributed by atoms with E-state index in [4.69, 9.17) is 9.47 Å². The highest BCUT2D eigenvalue weighted by atomic mass is 16.6. The monoisotopic (exact) mass is 306 g/mol. The van der Waals surface area contributed by atoms with Gasteiger partial charge in [0.1, 0.15) is 5.60 Å². The molecule has 0 aromatic heterocycles. The fourth-order valence-electron chi connectivity index (χ4n) is 2.44. The molecule has 1 aromatic rings. The molecule has 1 amide bonds. The first-order valence-electron chi connectivity index (χ1n) is 7.70. The summed E-state index contributed by atoms with van der Waals surface area (Å²) < 4.78 is 10.5. The molecule has 5 nitrogen and oxygen atoms in total. The second-order valence-corrected chi connectivity index (χ2v) is 6.55. The first-order chi connectivity index (χ1) is 10.4. The van der Waals surface area contributed by atoms with Crippen molar-refractivity contribution in [3.05, 3.63) is 29.8 Å². The highest BCUT2D eigenvalue weighted by Crippen LogP contribution is 2.19. The first kappa shape index (κ1) is 16.6. The number of hydrogen-bond acceptors (Lipinski definition) is 4. The Kier molecular flexibility index (Phi) is 5.29. The molecule has 0 unspecified atom stereocenters. The lowest BCUT2D eigenvalue weighted by molar-refractivity contribution is 0.0240. The Hall–Kier alpha value is -1.75. The van der Waals surface area contributed by atoms with Crippen molar-refractivity contribution < 1.29 is 14.3 Å². The fraction of sp³-hybridized carbons (Fsp3) is 0.588. The first-order valence-corrected chi connectivity index (χ1v) is 7.70. The predicted molar refractivity (Wildman–Crippen MR) is 87.2 cm³/mol. The Morgan fingerprint density at radius 2 is 1.68 bits per heavy atom. The van der Waals surface area contributed by atoms with Gasteiger partial charge in [0.25, 0.3) is 0 Å². The van der Waals surface area contributed by atoms with Crippen molar-refractivity contribution in [2.24, 2.45) is 0 Å². The second-order valence-electron chi connectivity index (χ2n) is 6.55. The normalized spacial score (nSPS) is 15.8. The Labute approximate surface area is 132 Å². The quantitative estimate of drug-likeness (QED) is 0.861. The van der Waals surface area contributed by atoms with Crippen LogP contribution in [0.3, 0.4) is 0 Å². The van der Waals surface area contributed by atoms with Gasteiger partial charge in [0, 0.05) is 39.0 Å². The number of hydrogen-bond donors (Lipinski definition) is 0. The molecule has 1 aliphatic heterocycles. The molecule has 22 heavy (non-hydrogen) atoms. The third kappa shape index (κ3) is 4.63. The SMILES string of the molecule is COCc1ccc(N2CCN(C(=O)OC(C)(C)C)CC2)cc1. The molecule has 2 rings (SSSR count). The number of benzene rings is 1. The molecule has 1 saturated heterocycles. The van der Waals surface area contributed by atoms with E-state index in [0.29, 0.717) is 19.7 Å². The van der Waals surface area contributed by atoms with Crippen LogP contribution in [0.2, 0.25) is 0 Å². The van der Waals surface area contributed by atoms with E-state index in [1.165, 1.54) is 11.3 Å². The Morgan fingerprint density at radius 3 is 2.18 bits per heavy atom. The number of carbonyl (C=O) groups is 1. The standard InChI is InChI=1S/C17H26N2O3/c1-17(2,3)22-16(20)19-11-9-18(10-12-19)15-7-5-14(6-8-15)13-21-4/h5-8H,9-13H2,1-4H3. The van der Waals surface area contributed by atoms with Gasteiger partial charge in [-0.25, -0.2) is 4.79 Å². The maximum atomic E-state index is 12.0. The zero-order chi connectivity index (χ0) is 16.2. The number of rotatable bonds is 3. The number of amides is 1. The molecule has 5 heteroatoms. The van der Waals surface area contributed by atoms with Crippen molar-refractivity contribution in [1.29, 1.82) is 0 Å². The van der Waals surface area contributed by atoms with Crippen LogP contribution in [0.1, 0.15) is 26.3 Å².